The summed E-state index contributed by atoms with van der Waals surface area (Å²) in [5.41, 5.74) is 3.34. The highest BCUT2D eigenvalue weighted by molar-refractivity contribution is 5.89. The van der Waals surface area contributed by atoms with Crippen LogP contribution in [-0.4, -0.2) is 27.7 Å². The van der Waals surface area contributed by atoms with Crippen LogP contribution in [0.1, 0.15) is 19.3 Å². The molecule has 20 heavy (non-hydrogen) atoms. The lowest BCUT2D eigenvalue weighted by Crippen LogP contribution is -2.16. The van der Waals surface area contributed by atoms with Gasteiger partial charge in [-0.1, -0.05) is 12.1 Å². The molecule has 0 bridgehead atoms. The second-order valence-electron chi connectivity index (χ2n) is 5.27. The number of para-hydroxylation sites is 1. The molecular formula is C14H19N5O. The number of aliphatic hydroxyl groups excluding tert-OH is 1. The number of hydrazine groups is 1. The lowest BCUT2D eigenvalue weighted by molar-refractivity contribution is 0.178. The summed E-state index contributed by atoms with van der Waals surface area (Å²) in [7, 11) is 0. The molecule has 1 saturated carbocycles. The molecule has 106 valence electrons. The number of hydrogen-bond donors (Lipinski definition) is 4. The monoisotopic (exact) mass is 273 g/mol. The molecule has 0 spiro atoms. The third-order valence-corrected chi connectivity index (χ3v) is 3.80. The van der Waals surface area contributed by atoms with E-state index in [1.165, 1.54) is 0 Å². The zero-order valence-corrected chi connectivity index (χ0v) is 11.2. The van der Waals surface area contributed by atoms with Crippen molar-refractivity contribution in [2.75, 3.05) is 17.3 Å². The Morgan fingerprint density at radius 1 is 1.25 bits per heavy atom. The molecule has 3 rings (SSSR count). The van der Waals surface area contributed by atoms with Gasteiger partial charge < -0.3 is 10.4 Å². The number of anilines is 2. The summed E-state index contributed by atoms with van der Waals surface area (Å²) in [6.07, 6.45) is 2.66. The second-order valence-corrected chi connectivity index (χ2v) is 5.27. The van der Waals surface area contributed by atoms with Gasteiger partial charge in [-0.15, -0.1) is 0 Å². The van der Waals surface area contributed by atoms with Crippen molar-refractivity contribution in [3.05, 3.63) is 24.3 Å². The first-order chi connectivity index (χ1) is 9.76. The maximum Gasteiger partial charge on any atom is 0.239 e. The Bertz CT molecular complexity index is 603. The molecule has 2 atom stereocenters. The first kappa shape index (κ1) is 13.1. The Labute approximate surface area is 117 Å². The summed E-state index contributed by atoms with van der Waals surface area (Å²) < 4.78 is 0. The first-order valence-corrected chi connectivity index (χ1v) is 6.91. The van der Waals surface area contributed by atoms with Gasteiger partial charge in [-0.3, -0.25) is 5.43 Å². The van der Waals surface area contributed by atoms with E-state index < -0.39 is 0 Å². The molecule has 5 N–H and O–H groups in total. The minimum absolute atomic E-state index is 0.148. The van der Waals surface area contributed by atoms with Crippen LogP contribution in [0.4, 0.5) is 11.8 Å². The molecule has 0 aliphatic heterocycles. The molecule has 1 aliphatic carbocycles. The Balaban J connectivity index is 1.82. The van der Waals surface area contributed by atoms with Crippen LogP contribution in [0.5, 0.6) is 0 Å². The molecule has 1 aromatic carbocycles. The Morgan fingerprint density at radius 2 is 2.10 bits per heavy atom. The molecule has 0 radical (unpaired) electrons. The molecule has 0 amide bonds. The first-order valence-electron chi connectivity index (χ1n) is 6.91. The molecule has 1 heterocycles. The van der Waals surface area contributed by atoms with E-state index in [-0.39, 0.29) is 6.10 Å². The minimum atomic E-state index is -0.148. The number of aromatic nitrogens is 2. The quantitative estimate of drug-likeness (QED) is 0.498. The summed E-state index contributed by atoms with van der Waals surface area (Å²) in [5.74, 6) is 7.09. The van der Waals surface area contributed by atoms with Gasteiger partial charge in [0.05, 0.1) is 11.6 Å². The van der Waals surface area contributed by atoms with Crippen molar-refractivity contribution < 1.29 is 5.11 Å². The topological polar surface area (TPSA) is 96.1 Å². The van der Waals surface area contributed by atoms with Crippen LogP contribution < -0.4 is 16.6 Å². The van der Waals surface area contributed by atoms with Crippen LogP contribution in [0.25, 0.3) is 10.9 Å². The van der Waals surface area contributed by atoms with Gasteiger partial charge in [0.15, 0.2) is 0 Å². The largest absolute Gasteiger partial charge is 0.393 e. The Hall–Kier alpha value is -1.92. The number of nitrogen functional groups attached to an aromatic ring is 1. The predicted molar refractivity (Wildman–Crippen MR) is 79.2 cm³/mol. The van der Waals surface area contributed by atoms with E-state index in [1.54, 1.807) is 0 Å². The van der Waals surface area contributed by atoms with Crippen molar-refractivity contribution in [3.8, 4) is 0 Å². The van der Waals surface area contributed by atoms with Crippen LogP contribution in [0.15, 0.2) is 24.3 Å². The third kappa shape index (κ3) is 2.66. The molecular weight excluding hydrogens is 254 g/mol. The standard InChI is InChI=1S/C14H19N5O/c15-19-14-17-12-4-2-1-3-11(12)13(18-14)16-8-9-5-6-10(20)7-9/h1-4,9-10,20H,5-8,15H2,(H2,16,17,18,19). The summed E-state index contributed by atoms with van der Waals surface area (Å²) in [6, 6.07) is 7.82. The van der Waals surface area contributed by atoms with Gasteiger partial charge in [-0.25, -0.2) is 10.8 Å². The van der Waals surface area contributed by atoms with Gasteiger partial charge in [0.25, 0.3) is 0 Å². The van der Waals surface area contributed by atoms with Crippen molar-refractivity contribution in [2.45, 2.75) is 25.4 Å². The third-order valence-electron chi connectivity index (χ3n) is 3.80. The van der Waals surface area contributed by atoms with Crippen LogP contribution in [0.2, 0.25) is 0 Å². The van der Waals surface area contributed by atoms with E-state index in [2.05, 4.69) is 20.7 Å². The van der Waals surface area contributed by atoms with Gasteiger partial charge >= 0.3 is 0 Å². The molecule has 2 aromatic rings. The Kier molecular flexibility index (Phi) is 3.66. The molecule has 6 nitrogen and oxygen atoms in total. The highest BCUT2D eigenvalue weighted by Crippen LogP contribution is 2.27. The number of aliphatic hydroxyl groups is 1. The van der Waals surface area contributed by atoms with Crippen molar-refractivity contribution in [1.29, 1.82) is 0 Å². The summed E-state index contributed by atoms with van der Waals surface area (Å²) in [6.45, 7) is 0.808. The van der Waals surface area contributed by atoms with Crippen LogP contribution >= 0.6 is 0 Å². The number of benzene rings is 1. The second kappa shape index (κ2) is 5.60. The van der Waals surface area contributed by atoms with E-state index in [0.29, 0.717) is 11.9 Å². The minimum Gasteiger partial charge on any atom is -0.393 e. The lowest BCUT2D eigenvalue weighted by Gasteiger charge is -2.14. The van der Waals surface area contributed by atoms with E-state index in [4.69, 9.17) is 5.84 Å². The predicted octanol–water partition coefficient (Wildman–Crippen LogP) is 1.49. The molecule has 0 saturated heterocycles. The summed E-state index contributed by atoms with van der Waals surface area (Å²) >= 11 is 0. The zero-order valence-electron chi connectivity index (χ0n) is 11.2. The fraction of sp³-hybridized carbons (Fsp3) is 0.429. The van der Waals surface area contributed by atoms with E-state index >= 15 is 0 Å². The van der Waals surface area contributed by atoms with Gasteiger partial charge in [0, 0.05) is 11.9 Å². The number of nitrogens with one attached hydrogen (secondary N) is 2. The molecule has 2 unspecified atom stereocenters. The highest BCUT2D eigenvalue weighted by Gasteiger charge is 2.22. The molecule has 6 heteroatoms. The fourth-order valence-corrected chi connectivity index (χ4v) is 2.75. The number of rotatable bonds is 4. The average Bonchev–Trinajstić information content (AvgIpc) is 2.90. The van der Waals surface area contributed by atoms with Crippen LogP contribution in [0.3, 0.4) is 0 Å². The SMILES string of the molecule is NNc1nc(NCC2CCC(O)C2)c2ccccc2n1. The smallest absolute Gasteiger partial charge is 0.239 e. The van der Waals surface area contributed by atoms with Crippen molar-refractivity contribution in [3.63, 3.8) is 0 Å². The normalized spacial score (nSPS) is 22.1. The molecule has 1 fully saturated rings. The number of hydrogen-bond acceptors (Lipinski definition) is 6. The van der Waals surface area contributed by atoms with Crippen LogP contribution in [0, 0.1) is 5.92 Å². The number of nitrogens with zero attached hydrogens (tertiary/aromatic N) is 2. The fourth-order valence-electron chi connectivity index (χ4n) is 2.75. The van der Waals surface area contributed by atoms with Crippen molar-refractivity contribution in [1.82, 2.24) is 9.97 Å². The van der Waals surface area contributed by atoms with Crippen molar-refractivity contribution >= 4 is 22.7 Å². The van der Waals surface area contributed by atoms with Gasteiger partial charge in [0.2, 0.25) is 5.95 Å². The molecule has 1 aliphatic rings. The lowest BCUT2D eigenvalue weighted by atomic mass is 10.1. The number of nitrogens with two attached hydrogens (primary N) is 1. The van der Waals surface area contributed by atoms with Gasteiger partial charge in [-0.05, 0) is 37.3 Å². The van der Waals surface area contributed by atoms with E-state index in [9.17, 15) is 5.11 Å². The zero-order chi connectivity index (χ0) is 13.9. The van der Waals surface area contributed by atoms with Gasteiger partial charge in [-0.2, -0.15) is 4.98 Å². The summed E-state index contributed by atoms with van der Waals surface area (Å²) in [4.78, 5) is 8.70. The van der Waals surface area contributed by atoms with E-state index in [0.717, 1.165) is 42.5 Å². The van der Waals surface area contributed by atoms with Crippen molar-refractivity contribution in [2.24, 2.45) is 11.8 Å². The van der Waals surface area contributed by atoms with Crippen LogP contribution in [-0.2, 0) is 0 Å². The maximum absolute atomic E-state index is 9.57. The maximum atomic E-state index is 9.57. The Morgan fingerprint density at radius 3 is 2.85 bits per heavy atom. The van der Waals surface area contributed by atoms with Gasteiger partial charge in [0.1, 0.15) is 5.82 Å². The highest BCUT2D eigenvalue weighted by atomic mass is 16.3. The number of fused-ring (bicyclic) bond motifs is 1. The summed E-state index contributed by atoms with van der Waals surface area (Å²) in [5, 5.41) is 13.9. The average molecular weight is 273 g/mol. The molecule has 1 aromatic heterocycles. The van der Waals surface area contributed by atoms with E-state index in [1.807, 2.05) is 24.3 Å².